The molecule has 0 aromatic heterocycles. The first-order valence-electron chi connectivity index (χ1n) is 6.44. The average Bonchev–Trinajstić information content (AvgIpc) is 2.40. The Morgan fingerprint density at radius 1 is 0.667 bits per heavy atom. The van der Waals surface area contributed by atoms with E-state index < -0.39 is 0 Å². The maximum Gasteiger partial charge on any atom is 0.303 e. The zero-order valence-electron chi connectivity index (χ0n) is 12.5. The van der Waals surface area contributed by atoms with Crippen molar-refractivity contribution < 1.29 is 28.6 Å². The Labute approximate surface area is 123 Å². The molecule has 0 radical (unpaired) electrons. The molecule has 0 atom stereocenters. The quantitative estimate of drug-likeness (QED) is 0.468. The molecule has 1 aliphatic rings. The van der Waals surface area contributed by atoms with E-state index >= 15 is 0 Å². The van der Waals surface area contributed by atoms with Gasteiger partial charge in [-0.2, -0.15) is 0 Å². The van der Waals surface area contributed by atoms with E-state index in [9.17, 15) is 14.4 Å². The van der Waals surface area contributed by atoms with Gasteiger partial charge in [-0.3, -0.25) is 14.4 Å². The number of rotatable bonds is 6. The van der Waals surface area contributed by atoms with Crippen LogP contribution in [0.3, 0.4) is 0 Å². The van der Waals surface area contributed by atoms with Crippen molar-refractivity contribution in [2.45, 2.75) is 20.8 Å². The highest BCUT2D eigenvalue weighted by molar-refractivity contribution is 5.66. The second-order valence-corrected chi connectivity index (χ2v) is 4.73. The fraction of sp³-hybridized carbons (Fsp3) is 0.750. The van der Waals surface area contributed by atoms with Gasteiger partial charge in [0.1, 0.15) is 20.2 Å². The summed E-state index contributed by atoms with van der Waals surface area (Å²) < 4.78 is 14.8. The molecule has 0 spiro atoms. The third kappa shape index (κ3) is 7.59. The highest BCUT2D eigenvalue weighted by Crippen LogP contribution is 2.08. The Balaban J connectivity index is 2.52. The highest BCUT2D eigenvalue weighted by atomic mass is 16.6. The molecule has 1 rings (SSSR count). The summed E-state index contributed by atoms with van der Waals surface area (Å²) in [7, 11) is 0. The van der Waals surface area contributed by atoms with Gasteiger partial charge in [0.15, 0.2) is 0 Å². The van der Waals surface area contributed by atoms with E-state index in [0.717, 1.165) is 0 Å². The van der Waals surface area contributed by atoms with Crippen LogP contribution in [-0.4, -0.2) is 72.8 Å². The third-order valence-corrected chi connectivity index (χ3v) is 2.55. The molecule has 120 valence electrons. The van der Waals surface area contributed by atoms with Gasteiger partial charge in [0.05, 0.1) is 20.0 Å². The minimum Gasteiger partial charge on any atom is -0.450 e. The first kappa shape index (κ1) is 17.3. The lowest BCUT2D eigenvalue weighted by atomic mass is 10.5. The lowest BCUT2D eigenvalue weighted by Gasteiger charge is -2.40. The molecule has 9 nitrogen and oxygen atoms in total. The van der Waals surface area contributed by atoms with Gasteiger partial charge >= 0.3 is 17.9 Å². The van der Waals surface area contributed by atoms with Crippen LogP contribution in [0.1, 0.15) is 20.8 Å². The van der Waals surface area contributed by atoms with Crippen LogP contribution in [0.25, 0.3) is 0 Å². The van der Waals surface area contributed by atoms with Gasteiger partial charge in [0.2, 0.25) is 0 Å². The number of esters is 3. The van der Waals surface area contributed by atoms with Crippen LogP contribution in [-0.2, 0) is 28.6 Å². The number of nitrogens with zero attached hydrogens (tertiary/aromatic N) is 3. The van der Waals surface area contributed by atoms with E-state index in [-0.39, 0.29) is 38.1 Å². The lowest BCUT2D eigenvalue weighted by Crippen LogP contribution is -2.56. The molecular weight excluding hydrogens is 282 g/mol. The van der Waals surface area contributed by atoms with Crippen LogP contribution < -0.4 is 0 Å². The molecule has 1 saturated heterocycles. The second kappa shape index (κ2) is 8.55. The summed E-state index contributed by atoms with van der Waals surface area (Å²) in [6.45, 7) is 5.74. The first-order valence-corrected chi connectivity index (χ1v) is 6.44. The third-order valence-electron chi connectivity index (χ3n) is 2.55. The molecule has 1 aliphatic heterocycles. The van der Waals surface area contributed by atoms with Crippen LogP contribution in [0.2, 0.25) is 0 Å². The van der Waals surface area contributed by atoms with Crippen molar-refractivity contribution >= 4 is 17.9 Å². The van der Waals surface area contributed by atoms with Gasteiger partial charge < -0.3 is 14.2 Å². The molecule has 1 heterocycles. The molecule has 21 heavy (non-hydrogen) atoms. The predicted molar refractivity (Wildman–Crippen MR) is 70.0 cm³/mol. The van der Waals surface area contributed by atoms with Crippen LogP contribution in [0.15, 0.2) is 0 Å². The summed E-state index contributed by atoms with van der Waals surface area (Å²) >= 11 is 0. The Morgan fingerprint density at radius 2 is 0.905 bits per heavy atom. The number of carbonyl (C=O) groups is 3. The molecule has 0 aromatic carbocycles. The molecule has 0 unspecified atom stereocenters. The predicted octanol–water partition coefficient (Wildman–Crippen LogP) is -0.660. The Bertz CT molecular complexity index is 326. The monoisotopic (exact) mass is 303 g/mol. The van der Waals surface area contributed by atoms with Crippen molar-refractivity contribution in [3.05, 3.63) is 0 Å². The van der Waals surface area contributed by atoms with E-state index in [2.05, 4.69) is 0 Å². The fourth-order valence-corrected chi connectivity index (χ4v) is 1.77. The van der Waals surface area contributed by atoms with Gasteiger partial charge in [0.25, 0.3) is 0 Å². The molecular formula is C12H21N3O6. The maximum absolute atomic E-state index is 10.9. The molecule has 0 aromatic rings. The summed E-state index contributed by atoms with van der Waals surface area (Å²) in [5, 5.41) is 0. The fourth-order valence-electron chi connectivity index (χ4n) is 1.77. The standard InChI is InChI=1S/C12H21N3O6/c1-10(16)19-7-13-4-14(8-20-11(2)17)6-15(5-13)9-21-12(3)18/h4-9H2,1-3H3. The van der Waals surface area contributed by atoms with Gasteiger partial charge in [-0.15, -0.1) is 0 Å². The van der Waals surface area contributed by atoms with E-state index in [0.29, 0.717) is 20.0 Å². The first-order chi connectivity index (χ1) is 9.86. The molecule has 0 aliphatic carbocycles. The largest absolute Gasteiger partial charge is 0.450 e. The van der Waals surface area contributed by atoms with Crippen molar-refractivity contribution in [3.63, 3.8) is 0 Å². The molecule has 9 heteroatoms. The Kier molecular flexibility index (Phi) is 7.06. The maximum atomic E-state index is 10.9. The van der Waals surface area contributed by atoms with E-state index in [1.165, 1.54) is 20.8 Å². The summed E-state index contributed by atoms with van der Waals surface area (Å²) in [4.78, 5) is 38.0. The van der Waals surface area contributed by atoms with Crippen molar-refractivity contribution in [1.29, 1.82) is 0 Å². The minimum absolute atomic E-state index is 0.114. The molecule has 0 bridgehead atoms. The van der Waals surface area contributed by atoms with Gasteiger partial charge in [-0.25, -0.2) is 14.7 Å². The Morgan fingerprint density at radius 3 is 1.10 bits per heavy atom. The summed E-state index contributed by atoms with van der Waals surface area (Å²) in [6, 6.07) is 0. The highest BCUT2D eigenvalue weighted by Gasteiger charge is 2.25. The molecule has 1 fully saturated rings. The zero-order chi connectivity index (χ0) is 15.8. The van der Waals surface area contributed by atoms with Gasteiger partial charge in [-0.05, 0) is 0 Å². The number of ether oxygens (including phenoxy) is 3. The summed E-state index contributed by atoms with van der Waals surface area (Å²) in [6.07, 6.45) is 0. The number of hydrogen-bond acceptors (Lipinski definition) is 9. The molecule has 0 N–H and O–H groups in total. The average molecular weight is 303 g/mol. The van der Waals surface area contributed by atoms with E-state index in [1.54, 1.807) is 0 Å². The van der Waals surface area contributed by atoms with Crippen LogP contribution >= 0.6 is 0 Å². The lowest BCUT2D eigenvalue weighted by molar-refractivity contribution is -0.170. The minimum atomic E-state index is -0.376. The zero-order valence-corrected chi connectivity index (χ0v) is 12.5. The molecule has 0 amide bonds. The van der Waals surface area contributed by atoms with Crippen molar-refractivity contribution in [3.8, 4) is 0 Å². The summed E-state index contributed by atoms with van der Waals surface area (Å²) in [5.41, 5.74) is 0. The Hall–Kier alpha value is -1.71. The SMILES string of the molecule is CC(=O)OCN1CN(COC(C)=O)CN(COC(C)=O)C1. The van der Waals surface area contributed by atoms with Crippen molar-refractivity contribution in [2.75, 3.05) is 40.2 Å². The van der Waals surface area contributed by atoms with Gasteiger partial charge in [-0.1, -0.05) is 0 Å². The van der Waals surface area contributed by atoms with Crippen molar-refractivity contribution in [1.82, 2.24) is 14.7 Å². The topological polar surface area (TPSA) is 88.6 Å². The smallest absolute Gasteiger partial charge is 0.303 e. The second-order valence-electron chi connectivity index (χ2n) is 4.73. The van der Waals surface area contributed by atoms with Gasteiger partial charge in [0, 0.05) is 20.8 Å². The van der Waals surface area contributed by atoms with Crippen molar-refractivity contribution in [2.24, 2.45) is 0 Å². The van der Waals surface area contributed by atoms with E-state index in [4.69, 9.17) is 14.2 Å². The number of hydrogen-bond donors (Lipinski definition) is 0. The van der Waals surface area contributed by atoms with E-state index in [1.807, 2.05) is 14.7 Å². The summed E-state index contributed by atoms with van der Waals surface area (Å²) in [5.74, 6) is -1.13. The van der Waals surface area contributed by atoms with Crippen LogP contribution in [0.4, 0.5) is 0 Å². The molecule has 0 saturated carbocycles. The van der Waals surface area contributed by atoms with Crippen LogP contribution in [0.5, 0.6) is 0 Å². The normalized spacial score (nSPS) is 17.3. The number of carbonyl (C=O) groups excluding carboxylic acids is 3. The van der Waals surface area contributed by atoms with Crippen LogP contribution in [0, 0.1) is 0 Å².